The molecule has 4 rings (SSSR count). The van der Waals surface area contributed by atoms with Crippen molar-refractivity contribution in [3.63, 3.8) is 0 Å². The summed E-state index contributed by atoms with van der Waals surface area (Å²) in [5.74, 6) is 0.461. The zero-order valence-corrected chi connectivity index (χ0v) is 17.8. The van der Waals surface area contributed by atoms with E-state index in [4.69, 9.17) is 4.98 Å². The van der Waals surface area contributed by atoms with Crippen LogP contribution >= 0.6 is 0 Å². The first-order chi connectivity index (χ1) is 14.0. The Balaban J connectivity index is 1.65. The van der Waals surface area contributed by atoms with Gasteiger partial charge >= 0.3 is 0 Å². The quantitative estimate of drug-likeness (QED) is 0.711. The van der Waals surface area contributed by atoms with Crippen molar-refractivity contribution in [3.8, 4) is 0 Å². The highest BCUT2D eigenvalue weighted by atomic mass is 16.1. The molecule has 0 saturated heterocycles. The molecule has 1 aliphatic carbocycles. The number of hydrogen-bond acceptors (Lipinski definition) is 3. The lowest BCUT2D eigenvalue weighted by Gasteiger charge is -2.29. The van der Waals surface area contributed by atoms with Crippen molar-refractivity contribution in [1.29, 1.82) is 0 Å². The van der Waals surface area contributed by atoms with Crippen LogP contribution in [0.15, 0.2) is 30.5 Å². The standard InChI is InChI=1S/C24H30N4O/c1-15-9-5-7-11-19(15)13-20-17(3)26-23-21(14-25-28(23)18(20)4)24(29)27-22-12-8-6-10-16(22)2/h5,7,9,11,14,16,22H,6,8,10,12-13H2,1-4H3,(H,27,29). The molecular weight excluding hydrogens is 360 g/mol. The Morgan fingerprint density at radius 3 is 2.69 bits per heavy atom. The van der Waals surface area contributed by atoms with Crippen molar-refractivity contribution in [2.45, 2.75) is 65.8 Å². The van der Waals surface area contributed by atoms with Gasteiger partial charge in [0, 0.05) is 23.9 Å². The number of carbonyl (C=O) groups excluding carboxylic acids is 1. The summed E-state index contributed by atoms with van der Waals surface area (Å²) < 4.78 is 1.82. The number of aromatic nitrogens is 3. The molecule has 0 radical (unpaired) electrons. The first-order valence-electron chi connectivity index (χ1n) is 10.6. The third-order valence-electron chi connectivity index (χ3n) is 6.51. The van der Waals surface area contributed by atoms with Crippen molar-refractivity contribution in [3.05, 3.63) is 64.1 Å². The number of carbonyl (C=O) groups is 1. The van der Waals surface area contributed by atoms with Gasteiger partial charge in [0.2, 0.25) is 0 Å². The number of amides is 1. The highest BCUT2D eigenvalue weighted by Gasteiger charge is 2.25. The smallest absolute Gasteiger partial charge is 0.256 e. The van der Waals surface area contributed by atoms with Gasteiger partial charge in [-0.15, -0.1) is 0 Å². The maximum Gasteiger partial charge on any atom is 0.256 e. The Kier molecular flexibility index (Phi) is 5.39. The Morgan fingerprint density at radius 2 is 1.93 bits per heavy atom. The molecule has 1 aliphatic rings. The minimum Gasteiger partial charge on any atom is -0.349 e. The molecular formula is C24H30N4O. The van der Waals surface area contributed by atoms with Gasteiger partial charge in [0.15, 0.2) is 5.65 Å². The Hall–Kier alpha value is -2.69. The highest BCUT2D eigenvalue weighted by Crippen LogP contribution is 2.25. The number of fused-ring (bicyclic) bond motifs is 1. The SMILES string of the molecule is Cc1ccccc1Cc1c(C)nc2c(C(=O)NC3CCCCC3C)cnn2c1C. The van der Waals surface area contributed by atoms with Crippen LogP contribution in [0.5, 0.6) is 0 Å². The Labute approximate surface area is 172 Å². The lowest BCUT2D eigenvalue weighted by molar-refractivity contribution is 0.0911. The van der Waals surface area contributed by atoms with E-state index in [1.54, 1.807) is 6.20 Å². The number of benzene rings is 1. The molecule has 1 saturated carbocycles. The molecule has 152 valence electrons. The fourth-order valence-electron chi connectivity index (χ4n) is 4.50. The largest absolute Gasteiger partial charge is 0.349 e. The fourth-order valence-corrected chi connectivity index (χ4v) is 4.50. The maximum absolute atomic E-state index is 13.0. The van der Waals surface area contributed by atoms with Gasteiger partial charge in [-0.2, -0.15) is 5.10 Å². The van der Waals surface area contributed by atoms with Crippen LogP contribution in [-0.2, 0) is 6.42 Å². The molecule has 3 aromatic rings. The molecule has 0 aliphatic heterocycles. The normalized spacial score (nSPS) is 19.4. The van der Waals surface area contributed by atoms with Crippen molar-refractivity contribution in [1.82, 2.24) is 19.9 Å². The van der Waals surface area contributed by atoms with Crippen LogP contribution in [-0.4, -0.2) is 26.5 Å². The molecule has 5 heteroatoms. The number of hydrogen-bond donors (Lipinski definition) is 1. The minimum absolute atomic E-state index is 0.0586. The van der Waals surface area contributed by atoms with Crippen LogP contribution in [0.2, 0.25) is 0 Å². The zero-order chi connectivity index (χ0) is 20.5. The van der Waals surface area contributed by atoms with E-state index in [1.165, 1.54) is 36.0 Å². The molecule has 2 atom stereocenters. The lowest BCUT2D eigenvalue weighted by atomic mass is 9.86. The topological polar surface area (TPSA) is 59.3 Å². The van der Waals surface area contributed by atoms with E-state index in [0.717, 1.165) is 24.2 Å². The number of nitrogens with zero attached hydrogens (tertiary/aromatic N) is 3. The van der Waals surface area contributed by atoms with Gasteiger partial charge in [-0.3, -0.25) is 4.79 Å². The molecule has 2 heterocycles. The Morgan fingerprint density at radius 1 is 1.17 bits per heavy atom. The summed E-state index contributed by atoms with van der Waals surface area (Å²) in [5.41, 5.74) is 6.94. The van der Waals surface area contributed by atoms with Crippen molar-refractivity contribution >= 4 is 11.6 Å². The van der Waals surface area contributed by atoms with Gasteiger partial charge < -0.3 is 5.32 Å². The van der Waals surface area contributed by atoms with Crippen LogP contribution in [0, 0.1) is 26.7 Å². The third-order valence-corrected chi connectivity index (χ3v) is 6.51. The second-order valence-corrected chi connectivity index (χ2v) is 8.50. The van der Waals surface area contributed by atoms with Gasteiger partial charge in [0.25, 0.3) is 5.91 Å². The van der Waals surface area contributed by atoms with Gasteiger partial charge in [-0.05, 0) is 56.2 Å². The van der Waals surface area contributed by atoms with E-state index >= 15 is 0 Å². The second-order valence-electron chi connectivity index (χ2n) is 8.50. The van der Waals surface area contributed by atoms with Crippen LogP contribution in [0.3, 0.4) is 0 Å². The van der Waals surface area contributed by atoms with E-state index in [0.29, 0.717) is 17.1 Å². The van der Waals surface area contributed by atoms with Gasteiger partial charge in [-0.25, -0.2) is 9.50 Å². The van der Waals surface area contributed by atoms with Crippen molar-refractivity contribution < 1.29 is 4.79 Å². The molecule has 2 unspecified atom stereocenters. The first kappa shape index (κ1) is 19.6. The maximum atomic E-state index is 13.0. The summed E-state index contributed by atoms with van der Waals surface area (Å²) in [6.45, 7) is 8.45. The molecule has 29 heavy (non-hydrogen) atoms. The van der Waals surface area contributed by atoms with Gasteiger partial charge in [0.1, 0.15) is 5.56 Å². The minimum atomic E-state index is -0.0586. The van der Waals surface area contributed by atoms with E-state index in [-0.39, 0.29) is 11.9 Å². The van der Waals surface area contributed by atoms with Gasteiger partial charge in [-0.1, -0.05) is 44.0 Å². The van der Waals surface area contributed by atoms with Crippen molar-refractivity contribution in [2.75, 3.05) is 0 Å². The molecule has 5 nitrogen and oxygen atoms in total. The van der Waals surface area contributed by atoms with E-state index in [1.807, 2.05) is 11.4 Å². The summed E-state index contributed by atoms with van der Waals surface area (Å²) in [6.07, 6.45) is 7.15. The van der Waals surface area contributed by atoms with E-state index in [2.05, 4.69) is 55.5 Å². The van der Waals surface area contributed by atoms with Gasteiger partial charge in [0.05, 0.1) is 6.20 Å². The predicted octanol–water partition coefficient (Wildman–Crippen LogP) is 4.55. The first-order valence-corrected chi connectivity index (χ1v) is 10.6. The second kappa shape index (κ2) is 7.97. The van der Waals surface area contributed by atoms with E-state index in [9.17, 15) is 4.79 Å². The third kappa shape index (κ3) is 3.78. The molecule has 0 spiro atoms. The molecule has 1 aromatic carbocycles. The summed E-state index contributed by atoms with van der Waals surface area (Å²) in [6, 6.07) is 8.67. The number of nitrogens with one attached hydrogen (secondary N) is 1. The van der Waals surface area contributed by atoms with E-state index < -0.39 is 0 Å². The van der Waals surface area contributed by atoms with Crippen LogP contribution < -0.4 is 5.32 Å². The summed E-state index contributed by atoms with van der Waals surface area (Å²) in [5, 5.41) is 7.74. The fraction of sp³-hybridized carbons (Fsp3) is 0.458. The number of rotatable bonds is 4. The van der Waals surface area contributed by atoms with Crippen LogP contribution in [0.1, 0.15) is 71.0 Å². The lowest BCUT2D eigenvalue weighted by Crippen LogP contribution is -2.41. The summed E-state index contributed by atoms with van der Waals surface area (Å²) in [7, 11) is 0. The average Bonchev–Trinajstić information content (AvgIpc) is 3.12. The van der Waals surface area contributed by atoms with Crippen LogP contribution in [0.4, 0.5) is 0 Å². The Bertz CT molecular complexity index is 1050. The summed E-state index contributed by atoms with van der Waals surface area (Å²) in [4.78, 5) is 17.8. The molecule has 2 aromatic heterocycles. The van der Waals surface area contributed by atoms with Crippen molar-refractivity contribution in [2.24, 2.45) is 5.92 Å². The average molecular weight is 391 g/mol. The zero-order valence-electron chi connectivity index (χ0n) is 17.8. The monoisotopic (exact) mass is 390 g/mol. The summed E-state index contributed by atoms with van der Waals surface area (Å²) >= 11 is 0. The molecule has 1 amide bonds. The highest BCUT2D eigenvalue weighted by molar-refractivity contribution is 5.99. The molecule has 1 fully saturated rings. The molecule has 0 bridgehead atoms. The number of aryl methyl sites for hydroxylation is 3. The predicted molar refractivity (Wildman–Crippen MR) is 115 cm³/mol. The molecule has 1 N–H and O–H groups in total. The van der Waals surface area contributed by atoms with Crippen LogP contribution in [0.25, 0.3) is 5.65 Å².